The van der Waals surface area contributed by atoms with Gasteiger partial charge in [-0.25, -0.2) is 9.78 Å². The van der Waals surface area contributed by atoms with Gasteiger partial charge in [-0.15, -0.1) is 5.54 Å². The summed E-state index contributed by atoms with van der Waals surface area (Å²) in [6.07, 6.45) is 5.66. The number of aromatic nitrogens is 4. The first-order valence-corrected chi connectivity index (χ1v) is 16.1. The van der Waals surface area contributed by atoms with E-state index in [0.717, 1.165) is 40.8 Å². The average molecular weight is 514 g/mol. The number of pyridine rings is 1. The van der Waals surface area contributed by atoms with Crippen LogP contribution in [0.25, 0.3) is 21.9 Å². The molecule has 1 aliphatic rings. The largest absolute Gasteiger partial charge is 0.464 e. The molecule has 0 atom stereocenters. The number of likely N-dealkylation sites (tertiary alicyclic amines) is 1. The Morgan fingerprint density at radius 3 is 2.59 bits per heavy atom. The van der Waals surface area contributed by atoms with Crippen LogP contribution in [-0.2, 0) is 6.54 Å². The lowest BCUT2D eigenvalue weighted by Gasteiger charge is -2.32. The Hall–Kier alpha value is -3.90. The highest BCUT2D eigenvalue weighted by Crippen LogP contribution is 2.29. The lowest BCUT2D eigenvalue weighted by atomic mass is 9.95. The van der Waals surface area contributed by atoms with Gasteiger partial charge >= 0.3 is 6.09 Å². The molecule has 0 radical (unpaired) electrons. The van der Waals surface area contributed by atoms with Crippen LogP contribution in [-0.4, -0.2) is 62.3 Å². The molecule has 1 saturated heterocycles. The number of piperidine rings is 1. The summed E-state index contributed by atoms with van der Waals surface area (Å²) in [5, 5.41) is 10.4. The summed E-state index contributed by atoms with van der Waals surface area (Å²) in [6.45, 7) is 10.6. The first-order chi connectivity index (χ1) is 17.6. The van der Waals surface area contributed by atoms with Crippen LogP contribution in [0.1, 0.15) is 34.6 Å². The maximum atomic E-state index is 13.7. The predicted molar refractivity (Wildman–Crippen MR) is 146 cm³/mol. The van der Waals surface area contributed by atoms with E-state index in [1.807, 2.05) is 24.0 Å². The number of amides is 1. The molecule has 37 heavy (non-hydrogen) atoms. The molecule has 4 aromatic rings. The highest BCUT2D eigenvalue weighted by Gasteiger charge is 2.28. The van der Waals surface area contributed by atoms with E-state index in [9.17, 15) is 14.7 Å². The molecule has 9 heteroatoms. The van der Waals surface area contributed by atoms with Crippen molar-refractivity contribution in [2.24, 2.45) is 5.92 Å². The van der Waals surface area contributed by atoms with Crippen molar-refractivity contribution in [1.82, 2.24) is 24.0 Å². The molecule has 0 spiro atoms. The number of imidazole rings is 1. The standard InChI is InChI=1S/C28H31N5O3Si/c1-19-30-23-16-29-12-8-24(23)32(19)17-20-9-13-31(14-10-20)27(34)22-18-33(28(35)36)25-7-5-6-21(26(22)25)11-15-37(2,3)4/h5-8,12,16,18,20H,9-10,13-14,17H2,1-4H3,(H,35,36). The zero-order chi connectivity index (χ0) is 26.3. The van der Waals surface area contributed by atoms with Crippen LogP contribution in [0.5, 0.6) is 0 Å². The molecule has 3 aromatic heterocycles. The molecule has 1 amide bonds. The monoisotopic (exact) mass is 513 g/mol. The smallest absolute Gasteiger partial charge is 0.416 e. The molecule has 0 unspecified atom stereocenters. The van der Waals surface area contributed by atoms with Gasteiger partial charge in [-0.3, -0.25) is 14.3 Å². The van der Waals surface area contributed by atoms with Crippen LogP contribution in [0.15, 0.2) is 42.9 Å². The predicted octanol–water partition coefficient (Wildman–Crippen LogP) is 5.00. The lowest BCUT2D eigenvalue weighted by Crippen LogP contribution is -2.39. The fraction of sp³-hybridized carbons (Fsp3) is 0.357. The Morgan fingerprint density at radius 2 is 1.89 bits per heavy atom. The number of rotatable bonds is 3. The van der Waals surface area contributed by atoms with Crippen molar-refractivity contribution < 1.29 is 14.7 Å². The van der Waals surface area contributed by atoms with E-state index in [1.165, 1.54) is 6.20 Å². The van der Waals surface area contributed by atoms with E-state index in [4.69, 9.17) is 0 Å². The Balaban J connectivity index is 1.39. The third-order valence-electron chi connectivity index (χ3n) is 6.92. The van der Waals surface area contributed by atoms with E-state index >= 15 is 0 Å². The molecule has 0 bridgehead atoms. The fourth-order valence-corrected chi connectivity index (χ4v) is 5.56. The quantitative estimate of drug-likeness (QED) is 0.307. The van der Waals surface area contributed by atoms with Crippen LogP contribution in [0.3, 0.4) is 0 Å². The van der Waals surface area contributed by atoms with E-state index < -0.39 is 14.2 Å². The Morgan fingerprint density at radius 1 is 1.14 bits per heavy atom. The van der Waals surface area contributed by atoms with Crippen molar-refractivity contribution >= 4 is 42.0 Å². The lowest BCUT2D eigenvalue weighted by molar-refractivity contribution is 0.0685. The zero-order valence-electron chi connectivity index (χ0n) is 21.7. The van der Waals surface area contributed by atoms with Crippen molar-refractivity contribution in [2.45, 2.75) is 46.0 Å². The van der Waals surface area contributed by atoms with Crippen LogP contribution in [0.2, 0.25) is 19.6 Å². The summed E-state index contributed by atoms with van der Waals surface area (Å²) < 4.78 is 3.37. The van der Waals surface area contributed by atoms with Gasteiger partial charge in [0.25, 0.3) is 5.91 Å². The Bertz CT molecular complexity index is 1580. The van der Waals surface area contributed by atoms with Crippen LogP contribution in [0.4, 0.5) is 4.79 Å². The van der Waals surface area contributed by atoms with Gasteiger partial charge in [-0.05, 0) is 43.9 Å². The summed E-state index contributed by atoms with van der Waals surface area (Å²) in [7, 11) is -1.66. The van der Waals surface area contributed by atoms with Gasteiger partial charge in [-0.2, -0.15) is 0 Å². The van der Waals surface area contributed by atoms with E-state index in [0.29, 0.717) is 41.0 Å². The van der Waals surface area contributed by atoms with Gasteiger partial charge in [-0.1, -0.05) is 31.6 Å². The SMILES string of the molecule is Cc1nc2cnccc2n1CC1CCN(C(=O)c2cn(C(=O)O)c3cccc(C#C[Si](C)(C)C)c23)CC1. The third kappa shape index (κ3) is 4.89. The number of fused-ring (bicyclic) bond motifs is 2. The number of carboxylic acid groups (broad SMARTS) is 1. The summed E-state index contributed by atoms with van der Waals surface area (Å²) >= 11 is 0. The topological polar surface area (TPSA) is 93.3 Å². The molecule has 0 saturated carbocycles. The van der Waals surface area contributed by atoms with Gasteiger partial charge in [0.05, 0.1) is 22.8 Å². The van der Waals surface area contributed by atoms with Gasteiger partial charge in [0.1, 0.15) is 19.4 Å². The van der Waals surface area contributed by atoms with Gasteiger partial charge < -0.3 is 14.6 Å². The Kier molecular flexibility index (Phi) is 6.38. The number of carbonyl (C=O) groups excluding carboxylic acids is 1. The minimum atomic E-state index is -1.66. The minimum Gasteiger partial charge on any atom is -0.464 e. The summed E-state index contributed by atoms with van der Waals surface area (Å²) in [6, 6.07) is 7.40. The average Bonchev–Trinajstić information content (AvgIpc) is 3.41. The highest BCUT2D eigenvalue weighted by molar-refractivity contribution is 6.83. The molecule has 0 aliphatic carbocycles. The first-order valence-electron chi connectivity index (χ1n) is 12.6. The van der Waals surface area contributed by atoms with Crippen molar-refractivity contribution in [3.63, 3.8) is 0 Å². The highest BCUT2D eigenvalue weighted by atomic mass is 28.3. The van der Waals surface area contributed by atoms with Crippen LogP contribution < -0.4 is 0 Å². The first kappa shape index (κ1) is 24.8. The Labute approximate surface area is 216 Å². The molecular formula is C28H31N5O3Si. The summed E-state index contributed by atoms with van der Waals surface area (Å²) in [5.74, 6) is 4.50. The van der Waals surface area contributed by atoms with E-state index in [1.54, 1.807) is 24.5 Å². The number of hydrogen-bond acceptors (Lipinski definition) is 4. The zero-order valence-corrected chi connectivity index (χ0v) is 22.7. The maximum absolute atomic E-state index is 13.7. The van der Waals surface area contributed by atoms with E-state index in [-0.39, 0.29) is 5.91 Å². The number of carbonyl (C=O) groups is 2. The normalized spacial score (nSPS) is 14.6. The molecular weight excluding hydrogens is 482 g/mol. The van der Waals surface area contributed by atoms with Crippen LogP contribution in [0, 0.1) is 24.3 Å². The summed E-state index contributed by atoms with van der Waals surface area (Å²) in [5.41, 5.74) is 6.93. The minimum absolute atomic E-state index is 0.138. The second kappa shape index (κ2) is 9.52. The second-order valence-electron chi connectivity index (χ2n) is 10.8. The fourth-order valence-electron chi connectivity index (χ4n) is 5.05. The number of aryl methyl sites for hydroxylation is 1. The molecule has 1 N–H and O–H groups in total. The van der Waals surface area contributed by atoms with Gasteiger partial charge in [0.2, 0.25) is 0 Å². The molecule has 190 valence electrons. The van der Waals surface area contributed by atoms with Gasteiger partial charge in [0.15, 0.2) is 0 Å². The van der Waals surface area contributed by atoms with E-state index in [2.05, 4.69) is 45.6 Å². The number of hydrogen-bond donors (Lipinski definition) is 1. The molecule has 1 fully saturated rings. The van der Waals surface area contributed by atoms with Crippen molar-refractivity contribution in [3.05, 3.63) is 59.8 Å². The maximum Gasteiger partial charge on any atom is 0.416 e. The summed E-state index contributed by atoms with van der Waals surface area (Å²) in [4.78, 5) is 36.3. The molecule has 1 aliphatic heterocycles. The molecule has 5 rings (SSSR count). The second-order valence-corrected chi connectivity index (χ2v) is 15.5. The molecule has 1 aromatic carbocycles. The third-order valence-corrected chi connectivity index (χ3v) is 7.80. The van der Waals surface area contributed by atoms with Crippen molar-refractivity contribution in [3.8, 4) is 11.5 Å². The van der Waals surface area contributed by atoms with Crippen molar-refractivity contribution in [1.29, 1.82) is 0 Å². The molecule has 4 heterocycles. The van der Waals surface area contributed by atoms with Gasteiger partial charge in [0, 0.05) is 43.0 Å². The number of benzene rings is 1. The van der Waals surface area contributed by atoms with Crippen molar-refractivity contribution in [2.75, 3.05) is 13.1 Å². The van der Waals surface area contributed by atoms with Crippen LogP contribution >= 0.6 is 0 Å². The molecule has 8 nitrogen and oxygen atoms in total. The number of nitrogens with zero attached hydrogens (tertiary/aromatic N) is 5.